The zero-order valence-electron chi connectivity index (χ0n) is 17.6. The number of nitrogens with zero attached hydrogens (tertiary/aromatic N) is 2. The van der Waals surface area contributed by atoms with E-state index >= 15 is 0 Å². The molecular formula is C24H31FN4O. The van der Waals surface area contributed by atoms with Gasteiger partial charge in [0, 0.05) is 45.6 Å². The van der Waals surface area contributed by atoms with Crippen LogP contribution in [0.4, 0.5) is 4.39 Å². The zero-order chi connectivity index (χ0) is 21.2. The van der Waals surface area contributed by atoms with E-state index in [1.54, 1.807) is 19.2 Å². The monoisotopic (exact) mass is 410 g/mol. The van der Waals surface area contributed by atoms with Crippen molar-refractivity contribution in [2.45, 2.75) is 25.7 Å². The van der Waals surface area contributed by atoms with Crippen molar-refractivity contribution < 1.29 is 9.18 Å². The van der Waals surface area contributed by atoms with E-state index in [0.29, 0.717) is 12.3 Å². The Hall–Kier alpha value is -2.89. The topological polar surface area (TPSA) is 56.7 Å². The molecule has 2 N–H and O–H groups in total. The molecule has 0 bridgehead atoms. The van der Waals surface area contributed by atoms with Gasteiger partial charge in [-0.15, -0.1) is 0 Å². The number of benzene rings is 2. The number of aryl methyl sites for hydroxylation is 1. The number of likely N-dealkylation sites (tertiary alicyclic amines) is 1. The number of guanidine groups is 1. The molecule has 0 aliphatic carbocycles. The predicted octanol–water partition coefficient (Wildman–Crippen LogP) is 3.01. The van der Waals surface area contributed by atoms with Crippen molar-refractivity contribution in [2.24, 2.45) is 10.9 Å². The van der Waals surface area contributed by atoms with Crippen LogP contribution in [-0.2, 0) is 17.6 Å². The Morgan fingerprint density at radius 2 is 1.90 bits per heavy atom. The van der Waals surface area contributed by atoms with Crippen LogP contribution in [0.15, 0.2) is 59.6 Å². The van der Waals surface area contributed by atoms with Gasteiger partial charge >= 0.3 is 0 Å². The van der Waals surface area contributed by atoms with E-state index in [1.165, 1.54) is 11.6 Å². The van der Waals surface area contributed by atoms with E-state index in [2.05, 4.69) is 27.8 Å². The molecule has 1 aliphatic heterocycles. The highest BCUT2D eigenvalue weighted by Gasteiger charge is 2.29. The van der Waals surface area contributed by atoms with Gasteiger partial charge in [0.25, 0.3) is 0 Å². The number of aliphatic imine (C=N–C) groups is 1. The first kappa shape index (κ1) is 21.8. The summed E-state index contributed by atoms with van der Waals surface area (Å²) < 4.78 is 13.2. The van der Waals surface area contributed by atoms with Gasteiger partial charge in [-0.3, -0.25) is 9.79 Å². The highest BCUT2D eigenvalue weighted by atomic mass is 19.1. The van der Waals surface area contributed by atoms with E-state index < -0.39 is 0 Å². The second kappa shape index (κ2) is 11.3. The minimum atomic E-state index is -0.193. The molecule has 1 atom stereocenters. The molecular weight excluding hydrogens is 379 g/mol. The molecule has 6 heteroatoms. The fourth-order valence-corrected chi connectivity index (χ4v) is 3.77. The average molecular weight is 411 g/mol. The van der Waals surface area contributed by atoms with Gasteiger partial charge in [-0.25, -0.2) is 4.39 Å². The Bertz CT molecular complexity index is 840. The third-order valence-corrected chi connectivity index (χ3v) is 5.41. The second-order valence-electron chi connectivity index (χ2n) is 7.76. The van der Waals surface area contributed by atoms with Gasteiger partial charge in [0.15, 0.2) is 5.96 Å². The standard InChI is InChI=1S/C24H31FN4O/c1-26-24(27-13-6-10-20-9-5-11-22(25)15-20)28-17-21-16-23(30)29(18-21)14-12-19-7-3-2-4-8-19/h2-5,7-9,11,15,21H,6,10,12-14,16-18H2,1H3,(H2,26,27,28). The second-order valence-corrected chi connectivity index (χ2v) is 7.76. The number of carbonyl (C=O) groups is 1. The molecule has 1 aliphatic rings. The number of halogens is 1. The number of amides is 1. The molecule has 0 spiro atoms. The van der Waals surface area contributed by atoms with Crippen molar-refractivity contribution in [3.05, 3.63) is 71.5 Å². The molecule has 3 rings (SSSR count). The highest BCUT2D eigenvalue weighted by Crippen LogP contribution is 2.17. The Kier molecular flexibility index (Phi) is 8.24. The van der Waals surface area contributed by atoms with Crippen LogP contribution >= 0.6 is 0 Å². The summed E-state index contributed by atoms with van der Waals surface area (Å²) in [5.74, 6) is 1.07. The van der Waals surface area contributed by atoms with E-state index in [0.717, 1.165) is 57.0 Å². The maximum Gasteiger partial charge on any atom is 0.223 e. The maximum atomic E-state index is 13.2. The summed E-state index contributed by atoms with van der Waals surface area (Å²) in [5.41, 5.74) is 2.26. The molecule has 0 aromatic heterocycles. The zero-order valence-corrected chi connectivity index (χ0v) is 17.6. The average Bonchev–Trinajstić information content (AvgIpc) is 3.12. The van der Waals surface area contributed by atoms with Crippen LogP contribution < -0.4 is 10.6 Å². The van der Waals surface area contributed by atoms with E-state index in [-0.39, 0.29) is 11.7 Å². The summed E-state index contributed by atoms with van der Waals surface area (Å²) in [7, 11) is 1.74. The number of hydrogen-bond acceptors (Lipinski definition) is 2. The summed E-state index contributed by atoms with van der Waals surface area (Å²) in [4.78, 5) is 18.5. The van der Waals surface area contributed by atoms with Gasteiger partial charge in [0.2, 0.25) is 5.91 Å². The van der Waals surface area contributed by atoms with Gasteiger partial charge in [0.1, 0.15) is 5.82 Å². The first-order valence-electron chi connectivity index (χ1n) is 10.6. The summed E-state index contributed by atoms with van der Waals surface area (Å²) in [6, 6.07) is 17.0. The van der Waals surface area contributed by atoms with Crippen molar-refractivity contribution in [2.75, 3.05) is 33.2 Å². The van der Waals surface area contributed by atoms with Crippen LogP contribution in [-0.4, -0.2) is 50.0 Å². The summed E-state index contributed by atoms with van der Waals surface area (Å²) in [6.07, 6.45) is 3.17. The molecule has 1 saturated heterocycles. The normalized spacial score (nSPS) is 16.7. The fraction of sp³-hybridized carbons (Fsp3) is 0.417. The smallest absolute Gasteiger partial charge is 0.223 e. The molecule has 0 radical (unpaired) electrons. The van der Waals surface area contributed by atoms with Crippen LogP contribution in [0.5, 0.6) is 0 Å². The van der Waals surface area contributed by atoms with Crippen LogP contribution in [0, 0.1) is 11.7 Å². The molecule has 1 heterocycles. The van der Waals surface area contributed by atoms with E-state index in [4.69, 9.17) is 0 Å². The summed E-state index contributed by atoms with van der Waals surface area (Å²) in [6.45, 7) is 3.03. The lowest BCUT2D eigenvalue weighted by molar-refractivity contribution is -0.127. The van der Waals surface area contributed by atoms with Gasteiger partial charge in [-0.2, -0.15) is 0 Å². The molecule has 30 heavy (non-hydrogen) atoms. The number of rotatable bonds is 9. The lowest BCUT2D eigenvalue weighted by Gasteiger charge is -2.18. The van der Waals surface area contributed by atoms with Gasteiger partial charge in [0.05, 0.1) is 0 Å². The Morgan fingerprint density at radius 3 is 2.67 bits per heavy atom. The number of hydrogen-bond donors (Lipinski definition) is 2. The third-order valence-electron chi connectivity index (χ3n) is 5.41. The van der Waals surface area contributed by atoms with Crippen molar-refractivity contribution in [1.82, 2.24) is 15.5 Å². The third kappa shape index (κ3) is 6.87. The minimum absolute atomic E-state index is 0.193. The molecule has 2 aromatic rings. The molecule has 160 valence electrons. The molecule has 1 fully saturated rings. The highest BCUT2D eigenvalue weighted by molar-refractivity contribution is 5.80. The summed E-state index contributed by atoms with van der Waals surface area (Å²) >= 11 is 0. The van der Waals surface area contributed by atoms with Crippen LogP contribution in [0.1, 0.15) is 24.0 Å². The van der Waals surface area contributed by atoms with Crippen LogP contribution in [0.3, 0.4) is 0 Å². The Balaban J connectivity index is 1.34. The lowest BCUT2D eigenvalue weighted by atomic mass is 10.1. The van der Waals surface area contributed by atoms with Crippen molar-refractivity contribution >= 4 is 11.9 Å². The number of nitrogens with one attached hydrogen (secondary N) is 2. The molecule has 5 nitrogen and oxygen atoms in total. The summed E-state index contributed by atoms with van der Waals surface area (Å²) in [5, 5.41) is 6.63. The molecule has 0 saturated carbocycles. The minimum Gasteiger partial charge on any atom is -0.356 e. The van der Waals surface area contributed by atoms with E-state index in [1.807, 2.05) is 29.2 Å². The van der Waals surface area contributed by atoms with Crippen LogP contribution in [0.2, 0.25) is 0 Å². The Morgan fingerprint density at radius 1 is 1.10 bits per heavy atom. The van der Waals surface area contributed by atoms with Crippen LogP contribution in [0.25, 0.3) is 0 Å². The quantitative estimate of drug-likeness (QED) is 0.380. The SMILES string of the molecule is CN=C(NCCCc1cccc(F)c1)NCC1CC(=O)N(CCc2ccccc2)C1. The Labute approximate surface area is 178 Å². The van der Waals surface area contributed by atoms with Crippen molar-refractivity contribution in [1.29, 1.82) is 0 Å². The fourth-order valence-electron chi connectivity index (χ4n) is 3.77. The van der Waals surface area contributed by atoms with Gasteiger partial charge < -0.3 is 15.5 Å². The first-order valence-corrected chi connectivity index (χ1v) is 10.6. The van der Waals surface area contributed by atoms with Crippen molar-refractivity contribution in [3.63, 3.8) is 0 Å². The van der Waals surface area contributed by atoms with Crippen molar-refractivity contribution in [3.8, 4) is 0 Å². The maximum absolute atomic E-state index is 13.2. The lowest BCUT2D eigenvalue weighted by Crippen LogP contribution is -2.40. The van der Waals surface area contributed by atoms with E-state index in [9.17, 15) is 9.18 Å². The number of carbonyl (C=O) groups excluding carboxylic acids is 1. The molecule has 1 unspecified atom stereocenters. The van der Waals surface area contributed by atoms with Gasteiger partial charge in [-0.05, 0) is 42.5 Å². The molecule has 1 amide bonds. The largest absolute Gasteiger partial charge is 0.356 e. The predicted molar refractivity (Wildman–Crippen MR) is 119 cm³/mol. The van der Waals surface area contributed by atoms with Gasteiger partial charge in [-0.1, -0.05) is 42.5 Å². The first-order chi connectivity index (χ1) is 14.6. The molecule has 2 aromatic carbocycles.